The molecule has 0 unspecified atom stereocenters. The molecule has 1 rings (SSSR count). The van der Waals surface area contributed by atoms with Crippen molar-refractivity contribution in [3.05, 3.63) is 35.4 Å². The number of hydrogen-bond acceptors (Lipinski definition) is 1. The average molecular weight is 191 g/mol. The fourth-order valence-electron chi connectivity index (χ4n) is 1.60. The van der Waals surface area contributed by atoms with E-state index in [9.17, 15) is 0 Å². The van der Waals surface area contributed by atoms with Crippen molar-refractivity contribution in [2.45, 2.75) is 45.6 Å². The Labute approximate surface area is 87.3 Å². The highest BCUT2D eigenvalue weighted by atomic mass is 14.7. The molecule has 0 aliphatic carbocycles. The number of benzene rings is 1. The molecule has 0 fully saturated rings. The van der Waals surface area contributed by atoms with Crippen LogP contribution in [0.5, 0.6) is 0 Å². The van der Waals surface area contributed by atoms with E-state index in [4.69, 9.17) is 5.73 Å². The van der Waals surface area contributed by atoms with Gasteiger partial charge < -0.3 is 5.73 Å². The van der Waals surface area contributed by atoms with E-state index in [-0.39, 0.29) is 5.54 Å². The van der Waals surface area contributed by atoms with Crippen LogP contribution in [0.1, 0.15) is 38.3 Å². The molecule has 2 N–H and O–H groups in total. The fourth-order valence-corrected chi connectivity index (χ4v) is 1.60. The normalized spacial score (nSPS) is 11.7. The van der Waals surface area contributed by atoms with E-state index in [1.165, 1.54) is 11.1 Å². The van der Waals surface area contributed by atoms with Gasteiger partial charge in [-0.2, -0.15) is 0 Å². The summed E-state index contributed by atoms with van der Waals surface area (Å²) in [5, 5.41) is 0. The Kier molecular flexibility index (Phi) is 3.70. The molecule has 1 nitrogen and oxygen atoms in total. The highest BCUT2D eigenvalue weighted by Crippen LogP contribution is 2.15. The topological polar surface area (TPSA) is 26.0 Å². The van der Waals surface area contributed by atoms with Crippen molar-refractivity contribution in [2.24, 2.45) is 5.73 Å². The largest absolute Gasteiger partial charge is 0.326 e. The van der Waals surface area contributed by atoms with E-state index in [0.717, 1.165) is 19.3 Å². The molecule has 0 heterocycles. The molecule has 0 bridgehead atoms. The van der Waals surface area contributed by atoms with Gasteiger partial charge in [0.15, 0.2) is 0 Å². The van der Waals surface area contributed by atoms with Gasteiger partial charge >= 0.3 is 0 Å². The maximum absolute atomic E-state index is 5.97. The minimum Gasteiger partial charge on any atom is -0.326 e. The molecule has 1 heteroatoms. The Balaban J connectivity index is 2.67. The Hall–Kier alpha value is -0.820. The number of aryl methyl sites for hydroxylation is 2. The molecular formula is C13H21N. The van der Waals surface area contributed by atoms with E-state index >= 15 is 0 Å². The Morgan fingerprint density at radius 1 is 1.14 bits per heavy atom. The summed E-state index contributed by atoms with van der Waals surface area (Å²) >= 11 is 0. The molecule has 1 aromatic rings. The van der Waals surface area contributed by atoms with Crippen molar-refractivity contribution >= 4 is 0 Å². The van der Waals surface area contributed by atoms with Gasteiger partial charge in [0, 0.05) is 5.54 Å². The Bertz CT molecular complexity index is 284. The second kappa shape index (κ2) is 4.61. The maximum atomic E-state index is 5.97. The first kappa shape index (κ1) is 11.3. The number of hydrogen-bond donors (Lipinski definition) is 1. The quantitative estimate of drug-likeness (QED) is 0.778. The van der Waals surface area contributed by atoms with Crippen LogP contribution in [-0.4, -0.2) is 5.54 Å². The minimum absolute atomic E-state index is 0.0547. The summed E-state index contributed by atoms with van der Waals surface area (Å²) < 4.78 is 0. The highest BCUT2D eigenvalue weighted by molar-refractivity contribution is 5.27. The molecule has 78 valence electrons. The van der Waals surface area contributed by atoms with Crippen molar-refractivity contribution in [3.8, 4) is 0 Å². The molecule has 14 heavy (non-hydrogen) atoms. The van der Waals surface area contributed by atoms with Gasteiger partial charge in [-0.05, 0) is 44.2 Å². The van der Waals surface area contributed by atoms with E-state index in [1.54, 1.807) is 0 Å². The van der Waals surface area contributed by atoms with Crippen molar-refractivity contribution in [3.63, 3.8) is 0 Å². The van der Waals surface area contributed by atoms with Crippen LogP contribution in [0.25, 0.3) is 0 Å². The highest BCUT2D eigenvalue weighted by Gasteiger charge is 2.11. The minimum atomic E-state index is -0.0547. The summed E-state index contributed by atoms with van der Waals surface area (Å²) in [6.07, 6.45) is 3.25. The molecule has 0 saturated heterocycles. The lowest BCUT2D eigenvalue weighted by Gasteiger charge is -2.19. The summed E-state index contributed by atoms with van der Waals surface area (Å²) in [6.45, 7) is 6.37. The van der Waals surface area contributed by atoms with Crippen LogP contribution >= 0.6 is 0 Å². The van der Waals surface area contributed by atoms with Crippen LogP contribution in [0.3, 0.4) is 0 Å². The summed E-state index contributed by atoms with van der Waals surface area (Å²) in [5.41, 5.74) is 8.83. The van der Waals surface area contributed by atoms with Crippen LogP contribution in [0.15, 0.2) is 24.3 Å². The van der Waals surface area contributed by atoms with Crippen LogP contribution < -0.4 is 5.73 Å². The second-order valence-corrected chi connectivity index (χ2v) is 4.61. The Morgan fingerprint density at radius 3 is 2.21 bits per heavy atom. The predicted octanol–water partition coefficient (Wildman–Crippen LogP) is 2.92. The standard InChI is InChI=1S/C13H21N/c1-4-11-7-5-6-8-12(11)9-10-13(2,3)14/h5-8H,4,9-10,14H2,1-3H3. The molecule has 0 spiro atoms. The second-order valence-electron chi connectivity index (χ2n) is 4.61. The first-order chi connectivity index (χ1) is 6.53. The maximum Gasteiger partial charge on any atom is 0.0100 e. The third-order valence-corrected chi connectivity index (χ3v) is 2.54. The zero-order valence-electron chi connectivity index (χ0n) is 9.51. The molecule has 1 aromatic carbocycles. The van der Waals surface area contributed by atoms with Gasteiger partial charge in [0.25, 0.3) is 0 Å². The summed E-state index contributed by atoms with van der Waals surface area (Å²) in [6, 6.07) is 8.64. The zero-order chi connectivity index (χ0) is 10.6. The van der Waals surface area contributed by atoms with Gasteiger partial charge in [0.1, 0.15) is 0 Å². The molecule has 0 aromatic heterocycles. The molecule has 0 radical (unpaired) electrons. The van der Waals surface area contributed by atoms with E-state index in [2.05, 4.69) is 45.0 Å². The van der Waals surface area contributed by atoms with Gasteiger partial charge in [-0.1, -0.05) is 31.2 Å². The van der Waals surface area contributed by atoms with Crippen LogP contribution in [0.2, 0.25) is 0 Å². The molecule has 0 atom stereocenters. The molecular weight excluding hydrogens is 170 g/mol. The SMILES string of the molecule is CCc1ccccc1CCC(C)(C)N. The lowest BCUT2D eigenvalue weighted by molar-refractivity contribution is 0.476. The van der Waals surface area contributed by atoms with Gasteiger partial charge in [-0.15, -0.1) is 0 Å². The number of nitrogens with two attached hydrogens (primary N) is 1. The third kappa shape index (κ3) is 3.51. The van der Waals surface area contributed by atoms with Crippen molar-refractivity contribution in [2.75, 3.05) is 0 Å². The predicted molar refractivity (Wildman–Crippen MR) is 62.4 cm³/mol. The molecule has 0 amide bonds. The lowest BCUT2D eigenvalue weighted by atomic mass is 9.93. The zero-order valence-corrected chi connectivity index (χ0v) is 9.51. The lowest BCUT2D eigenvalue weighted by Crippen LogP contribution is -2.32. The third-order valence-electron chi connectivity index (χ3n) is 2.54. The monoisotopic (exact) mass is 191 g/mol. The van der Waals surface area contributed by atoms with E-state index in [1.807, 2.05) is 0 Å². The number of rotatable bonds is 4. The summed E-state index contributed by atoms with van der Waals surface area (Å²) in [5.74, 6) is 0. The fraction of sp³-hybridized carbons (Fsp3) is 0.538. The summed E-state index contributed by atoms with van der Waals surface area (Å²) in [4.78, 5) is 0. The van der Waals surface area contributed by atoms with Crippen LogP contribution in [-0.2, 0) is 12.8 Å². The van der Waals surface area contributed by atoms with E-state index in [0.29, 0.717) is 0 Å². The van der Waals surface area contributed by atoms with Crippen molar-refractivity contribution in [1.29, 1.82) is 0 Å². The summed E-state index contributed by atoms with van der Waals surface area (Å²) in [7, 11) is 0. The Morgan fingerprint density at radius 2 is 1.71 bits per heavy atom. The van der Waals surface area contributed by atoms with Gasteiger partial charge in [-0.3, -0.25) is 0 Å². The van der Waals surface area contributed by atoms with Gasteiger partial charge in [0.2, 0.25) is 0 Å². The molecule has 0 saturated carbocycles. The molecule has 0 aliphatic heterocycles. The van der Waals surface area contributed by atoms with Gasteiger partial charge in [-0.25, -0.2) is 0 Å². The van der Waals surface area contributed by atoms with Crippen LogP contribution in [0.4, 0.5) is 0 Å². The average Bonchev–Trinajstić information content (AvgIpc) is 2.14. The molecule has 0 aliphatic rings. The first-order valence-electron chi connectivity index (χ1n) is 5.38. The van der Waals surface area contributed by atoms with Crippen LogP contribution in [0, 0.1) is 0 Å². The van der Waals surface area contributed by atoms with Crippen molar-refractivity contribution in [1.82, 2.24) is 0 Å². The van der Waals surface area contributed by atoms with Crippen molar-refractivity contribution < 1.29 is 0 Å². The van der Waals surface area contributed by atoms with Gasteiger partial charge in [0.05, 0.1) is 0 Å². The van der Waals surface area contributed by atoms with E-state index < -0.39 is 0 Å². The first-order valence-corrected chi connectivity index (χ1v) is 5.38. The smallest absolute Gasteiger partial charge is 0.0100 e.